The summed E-state index contributed by atoms with van der Waals surface area (Å²) in [6, 6.07) is 0.834. The molecule has 0 radical (unpaired) electrons. The highest BCUT2D eigenvalue weighted by Gasteiger charge is 2.07. The summed E-state index contributed by atoms with van der Waals surface area (Å²) < 4.78 is 0. The van der Waals surface area contributed by atoms with Crippen LogP contribution in [0, 0.1) is 0 Å². The van der Waals surface area contributed by atoms with Crippen LogP contribution in [-0.2, 0) is 0 Å². The number of aliphatic hydroxyl groups excluding tert-OH is 1. The maximum atomic E-state index is 8.98. The lowest BCUT2D eigenvalue weighted by atomic mass is 10.1. The van der Waals surface area contributed by atoms with E-state index in [2.05, 4.69) is 26.1 Å². The van der Waals surface area contributed by atoms with Crippen LogP contribution in [0.2, 0.25) is 0 Å². The van der Waals surface area contributed by atoms with Gasteiger partial charge in [0.2, 0.25) is 0 Å². The highest BCUT2D eigenvalue weighted by atomic mass is 16.3. The molecule has 0 saturated carbocycles. The Morgan fingerprint density at radius 1 is 1.23 bits per heavy atom. The van der Waals surface area contributed by atoms with Gasteiger partial charge in [-0.3, -0.25) is 0 Å². The normalized spacial score (nSPS) is 15.7. The molecule has 13 heavy (non-hydrogen) atoms. The largest absolute Gasteiger partial charge is 0.395 e. The topological polar surface area (TPSA) is 32.3 Å². The highest BCUT2D eigenvalue weighted by molar-refractivity contribution is 4.69. The Bertz CT molecular complexity index is 102. The summed E-state index contributed by atoms with van der Waals surface area (Å²) in [5.41, 5.74) is 0. The minimum atomic E-state index is 0.259. The molecule has 0 bridgehead atoms. The molecule has 0 aliphatic carbocycles. The predicted molar refractivity (Wildman–Crippen MR) is 57.9 cm³/mol. The zero-order valence-electron chi connectivity index (χ0n) is 9.34. The van der Waals surface area contributed by atoms with Gasteiger partial charge in [0.1, 0.15) is 0 Å². The van der Waals surface area contributed by atoms with Crippen molar-refractivity contribution in [2.45, 2.75) is 65.0 Å². The van der Waals surface area contributed by atoms with E-state index in [9.17, 15) is 0 Å². The van der Waals surface area contributed by atoms with Gasteiger partial charge < -0.3 is 10.4 Å². The first-order chi connectivity index (χ1) is 6.24. The summed E-state index contributed by atoms with van der Waals surface area (Å²) in [4.78, 5) is 0. The number of nitrogens with one attached hydrogen (secondary N) is 1. The number of hydrogen-bond donors (Lipinski definition) is 2. The van der Waals surface area contributed by atoms with E-state index < -0.39 is 0 Å². The Balaban J connectivity index is 3.42. The average Bonchev–Trinajstić information content (AvgIpc) is 2.14. The van der Waals surface area contributed by atoms with Crippen LogP contribution in [0.3, 0.4) is 0 Å². The number of unbranched alkanes of at least 4 members (excludes halogenated alkanes) is 2. The molecule has 0 rings (SSSR count). The molecule has 2 N–H and O–H groups in total. The van der Waals surface area contributed by atoms with Crippen LogP contribution < -0.4 is 5.32 Å². The fraction of sp³-hybridized carbons (Fsp3) is 1.00. The number of hydrogen-bond acceptors (Lipinski definition) is 2. The highest BCUT2D eigenvalue weighted by Crippen LogP contribution is 2.04. The Morgan fingerprint density at radius 3 is 2.38 bits per heavy atom. The monoisotopic (exact) mass is 187 g/mol. The third-order valence-electron chi connectivity index (χ3n) is 2.47. The van der Waals surface area contributed by atoms with E-state index in [-0.39, 0.29) is 12.6 Å². The molecule has 0 aromatic rings. The maximum absolute atomic E-state index is 8.98. The second-order valence-corrected chi connectivity index (χ2v) is 3.85. The van der Waals surface area contributed by atoms with E-state index in [0.717, 1.165) is 6.42 Å². The molecule has 0 aliphatic heterocycles. The standard InChI is InChI=1S/C11H25NO/c1-4-6-7-8-10(3)12-11(5-2)9-13/h10-13H,4-9H2,1-3H3/t10-,11-/m0/s1. The van der Waals surface area contributed by atoms with Crippen molar-refractivity contribution in [2.24, 2.45) is 0 Å². The predicted octanol–water partition coefficient (Wildman–Crippen LogP) is 2.32. The third-order valence-corrected chi connectivity index (χ3v) is 2.47. The van der Waals surface area contributed by atoms with Gasteiger partial charge in [0.05, 0.1) is 6.61 Å². The number of rotatable bonds is 8. The molecule has 80 valence electrons. The van der Waals surface area contributed by atoms with Crippen LogP contribution in [0.15, 0.2) is 0 Å². The van der Waals surface area contributed by atoms with Crippen molar-refractivity contribution in [2.75, 3.05) is 6.61 Å². The van der Waals surface area contributed by atoms with Gasteiger partial charge in [-0.05, 0) is 19.8 Å². The van der Waals surface area contributed by atoms with Crippen molar-refractivity contribution >= 4 is 0 Å². The van der Waals surface area contributed by atoms with Crippen LogP contribution >= 0.6 is 0 Å². The van der Waals surface area contributed by atoms with Gasteiger partial charge in [-0.15, -0.1) is 0 Å². The summed E-state index contributed by atoms with van der Waals surface area (Å²) in [6.07, 6.45) is 6.14. The lowest BCUT2D eigenvalue weighted by Crippen LogP contribution is -2.38. The summed E-state index contributed by atoms with van der Waals surface area (Å²) >= 11 is 0. The van der Waals surface area contributed by atoms with E-state index in [1.54, 1.807) is 0 Å². The van der Waals surface area contributed by atoms with Crippen molar-refractivity contribution in [3.63, 3.8) is 0 Å². The molecule has 0 aromatic heterocycles. The van der Waals surface area contributed by atoms with Crippen molar-refractivity contribution in [3.8, 4) is 0 Å². The van der Waals surface area contributed by atoms with Crippen molar-refractivity contribution in [1.82, 2.24) is 5.32 Å². The van der Waals surface area contributed by atoms with Crippen molar-refractivity contribution < 1.29 is 5.11 Å². The molecule has 0 heterocycles. The summed E-state index contributed by atoms with van der Waals surface area (Å²) in [6.45, 7) is 6.79. The van der Waals surface area contributed by atoms with E-state index in [0.29, 0.717) is 6.04 Å². The van der Waals surface area contributed by atoms with E-state index >= 15 is 0 Å². The lowest BCUT2D eigenvalue weighted by Gasteiger charge is -2.20. The third kappa shape index (κ3) is 7.03. The van der Waals surface area contributed by atoms with Crippen LogP contribution in [0.5, 0.6) is 0 Å². The van der Waals surface area contributed by atoms with E-state index in [1.807, 2.05) is 0 Å². The minimum Gasteiger partial charge on any atom is -0.395 e. The van der Waals surface area contributed by atoms with Crippen LogP contribution in [0.25, 0.3) is 0 Å². The van der Waals surface area contributed by atoms with Gasteiger partial charge in [-0.1, -0.05) is 33.1 Å². The SMILES string of the molecule is CCCCC[C@H](C)N[C@@H](CC)CO. The molecular weight excluding hydrogens is 162 g/mol. The molecule has 0 unspecified atom stereocenters. The zero-order chi connectivity index (χ0) is 10.1. The van der Waals surface area contributed by atoms with Gasteiger partial charge in [0.25, 0.3) is 0 Å². The molecule has 2 atom stereocenters. The van der Waals surface area contributed by atoms with Gasteiger partial charge in [-0.25, -0.2) is 0 Å². The van der Waals surface area contributed by atoms with Gasteiger partial charge in [0.15, 0.2) is 0 Å². The molecule has 0 saturated heterocycles. The summed E-state index contributed by atoms with van der Waals surface area (Å²) in [7, 11) is 0. The first-order valence-electron chi connectivity index (χ1n) is 5.61. The fourth-order valence-corrected chi connectivity index (χ4v) is 1.49. The Hall–Kier alpha value is -0.0800. The first-order valence-corrected chi connectivity index (χ1v) is 5.61. The van der Waals surface area contributed by atoms with Gasteiger partial charge in [0, 0.05) is 12.1 Å². The first kappa shape index (κ1) is 12.9. The second-order valence-electron chi connectivity index (χ2n) is 3.85. The van der Waals surface area contributed by atoms with E-state index in [4.69, 9.17) is 5.11 Å². The summed E-state index contributed by atoms with van der Waals surface area (Å²) in [5.74, 6) is 0. The maximum Gasteiger partial charge on any atom is 0.0584 e. The molecule has 0 amide bonds. The van der Waals surface area contributed by atoms with Gasteiger partial charge in [-0.2, -0.15) is 0 Å². The smallest absolute Gasteiger partial charge is 0.0584 e. The van der Waals surface area contributed by atoms with Crippen molar-refractivity contribution in [3.05, 3.63) is 0 Å². The summed E-state index contributed by atoms with van der Waals surface area (Å²) in [5, 5.41) is 12.4. The zero-order valence-corrected chi connectivity index (χ0v) is 9.34. The second kappa shape index (κ2) is 8.52. The number of aliphatic hydroxyl groups is 1. The average molecular weight is 187 g/mol. The minimum absolute atomic E-state index is 0.259. The Kier molecular flexibility index (Phi) is 8.46. The molecule has 0 spiro atoms. The van der Waals surface area contributed by atoms with Gasteiger partial charge >= 0.3 is 0 Å². The fourth-order valence-electron chi connectivity index (χ4n) is 1.49. The quantitative estimate of drug-likeness (QED) is 0.572. The molecular formula is C11H25NO. The Labute approximate surface area is 82.7 Å². The molecule has 2 nitrogen and oxygen atoms in total. The van der Waals surface area contributed by atoms with Crippen LogP contribution in [0.1, 0.15) is 52.9 Å². The molecule has 2 heteroatoms. The van der Waals surface area contributed by atoms with E-state index in [1.165, 1.54) is 25.7 Å². The molecule has 0 aliphatic rings. The lowest BCUT2D eigenvalue weighted by molar-refractivity contribution is 0.227. The van der Waals surface area contributed by atoms with Crippen molar-refractivity contribution in [1.29, 1.82) is 0 Å². The molecule has 0 aromatic carbocycles. The van der Waals surface area contributed by atoms with Crippen LogP contribution in [0.4, 0.5) is 0 Å². The Morgan fingerprint density at radius 2 is 1.92 bits per heavy atom. The van der Waals surface area contributed by atoms with Crippen LogP contribution in [-0.4, -0.2) is 23.8 Å². The molecule has 0 fully saturated rings.